The van der Waals surface area contributed by atoms with Crippen molar-refractivity contribution in [2.45, 2.75) is 38.0 Å². The minimum absolute atomic E-state index is 0.0132. The molecule has 0 aromatic heterocycles. The van der Waals surface area contributed by atoms with Crippen LogP contribution in [0.4, 0.5) is 32.0 Å². The minimum atomic E-state index is -5.19. The third-order valence-electron chi connectivity index (χ3n) is 8.72. The number of alkyl halides is 6. The van der Waals surface area contributed by atoms with Crippen molar-refractivity contribution in [2.75, 3.05) is 4.90 Å². The average molecular weight is 680 g/mol. The van der Waals surface area contributed by atoms with Crippen molar-refractivity contribution in [1.29, 1.82) is 0 Å². The van der Waals surface area contributed by atoms with Gasteiger partial charge in [0.05, 0.1) is 33.1 Å². The van der Waals surface area contributed by atoms with Gasteiger partial charge in [-0.3, -0.25) is 19.2 Å². The molecule has 2 amide bonds. The van der Waals surface area contributed by atoms with Gasteiger partial charge in [0.15, 0.2) is 11.6 Å². The zero-order chi connectivity index (χ0) is 32.0. The number of benzene rings is 2. The monoisotopic (exact) mass is 679 g/mol. The molecule has 1 fully saturated rings. The summed E-state index contributed by atoms with van der Waals surface area (Å²) in [5, 5.41) is 10.1. The summed E-state index contributed by atoms with van der Waals surface area (Å²) in [6.07, 6.45) is -7.80. The van der Waals surface area contributed by atoms with E-state index in [0.29, 0.717) is 33.7 Å². The van der Waals surface area contributed by atoms with Gasteiger partial charge in [-0.15, -0.1) is 0 Å². The number of amides is 2. The van der Waals surface area contributed by atoms with Crippen LogP contribution in [0.3, 0.4) is 0 Å². The van der Waals surface area contributed by atoms with Gasteiger partial charge in [0.1, 0.15) is 5.75 Å². The van der Waals surface area contributed by atoms with Crippen LogP contribution in [0.2, 0.25) is 0 Å². The number of allylic oxidation sites excluding steroid dienone is 6. The summed E-state index contributed by atoms with van der Waals surface area (Å²) in [7, 11) is 0. The number of anilines is 1. The SMILES string of the molecule is Cc1cc(C2C3=CCC4C(=O)N(c5cc(C(F)(F)F)cc(C(F)(F)F)c5)C(=O)C4C3CC3=C2C(=O)C=C(Br)C3=O)ccc1O. The van der Waals surface area contributed by atoms with Gasteiger partial charge in [-0.25, -0.2) is 4.90 Å². The number of carbonyl (C=O) groups is 4. The Bertz CT molecular complexity index is 1750. The van der Waals surface area contributed by atoms with E-state index in [1.54, 1.807) is 25.1 Å². The number of aryl methyl sites for hydroxylation is 1. The highest BCUT2D eigenvalue weighted by Crippen LogP contribution is 2.56. The van der Waals surface area contributed by atoms with Gasteiger partial charge in [-0.05, 0) is 77.0 Å². The summed E-state index contributed by atoms with van der Waals surface area (Å²) in [5.74, 6) is -6.97. The number of rotatable bonds is 2. The Balaban J connectivity index is 1.48. The van der Waals surface area contributed by atoms with Crippen molar-refractivity contribution in [3.8, 4) is 5.75 Å². The van der Waals surface area contributed by atoms with Crippen LogP contribution in [0, 0.1) is 24.7 Å². The van der Waals surface area contributed by atoms with Gasteiger partial charge in [-0.2, -0.15) is 26.3 Å². The van der Waals surface area contributed by atoms with Crippen LogP contribution in [-0.2, 0) is 31.5 Å². The summed E-state index contributed by atoms with van der Waals surface area (Å²) in [6.45, 7) is 1.63. The molecule has 13 heteroatoms. The summed E-state index contributed by atoms with van der Waals surface area (Å²) in [4.78, 5) is 54.5. The largest absolute Gasteiger partial charge is 0.508 e. The Morgan fingerprint density at radius 2 is 1.52 bits per heavy atom. The van der Waals surface area contributed by atoms with Gasteiger partial charge in [0.2, 0.25) is 11.8 Å². The fourth-order valence-corrected chi connectivity index (χ4v) is 7.21. The Labute approximate surface area is 253 Å². The van der Waals surface area contributed by atoms with E-state index in [0.717, 1.165) is 6.08 Å². The number of phenolic OH excluding ortho intramolecular Hbond substituents is 1. The number of hydrogen-bond acceptors (Lipinski definition) is 5. The second-order valence-corrected chi connectivity index (χ2v) is 12.1. The van der Waals surface area contributed by atoms with Crippen molar-refractivity contribution < 1.29 is 50.6 Å². The van der Waals surface area contributed by atoms with E-state index in [1.165, 1.54) is 6.07 Å². The molecule has 2 aromatic rings. The molecule has 0 spiro atoms. The van der Waals surface area contributed by atoms with Crippen LogP contribution in [0.5, 0.6) is 5.75 Å². The molecule has 4 atom stereocenters. The molecule has 4 aliphatic rings. The molecular formula is C31H20BrF6NO5. The molecule has 6 rings (SSSR count). The van der Waals surface area contributed by atoms with E-state index in [1.807, 2.05) is 0 Å². The quantitative estimate of drug-likeness (QED) is 0.165. The number of fused-ring (bicyclic) bond motifs is 3. The lowest BCUT2D eigenvalue weighted by Gasteiger charge is -2.42. The van der Waals surface area contributed by atoms with E-state index in [9.17, 15) is 50.6 Å². The summed E-state index contributed by atoms with van der Waals surface area (Å²) in [5.41, 5.74) is -2.40. The second-order valence-electron chi connectivity index (χ2n) is 11.2. The van der Waals surface area contributed by atoms with Gasteiger partial charge >= 0.3 is 12.4 Å². The van der Waals surface area contributed by atoms with Crippen molar-refractivity contribution in [3.63, 3.8) is 0 Å². The van der Waals surface area contributed by atoms with Gasteiger partial charge in [-0.1, -0.05) is 23.8 Å². The summed E-state index contributed by atoms with van der Waals surface area (Å²) >= 11 is 3.10. The fourth-order valence-electron chi connectivity index (χ4n) is 6.77. The van der Waals surface area contributed by atoms with Crippen LogP contribution in [-0.4, -0.2) is 28.5 Å². The first kappa shape index (κ1) is 30.0. The number of ketones is 2. The number of halogens is 7. The molecule has 0 radical (unpaired) electrons. The van der Waals surface area contributed by atoms with E-state index in [-0.39, 0.29) is 40.3 Å². The Hall–Kier alpha value is -4.00. The molecule has 44 heavy (non-hydrogen) atoms. The molecule has 4 unspecified atom stereocenters. The van der Waals surface area contributed by atoms with Gasteiger partial charge in [0.25, 0.3) is 0 Å². The van der Waals surface area contributed by atoms with Crippen molar-refractivity contribution in [3.05, 3.63) is 92.0 Å². The van der Waals surface area contributed by atoms with E-state index in [2.05, 4.69) is 15.9 Å². The normalized spacial score (nSPS) is 25.5. The van der Waals surface area contributed by atoms with E-state index >= 15 is 0 Å². The minimum Gasteiger partial charge on any atom is -0.508 e. The molecule has 1 heterocycles. The Kier molecular flexibility index (Phi) is 6.84. The lowest BCUT2D eigenvalue weighted by atomic mass is 9.59. The number of Topliss-reactive ketones (excluding diaryl/α,β-unsaturated/α-hetero) is 1. The number of imide groups is 1. The highest BCUT2D eigenvalue weighted by atomic mass is 79.9. The number of nitrogens with zero attached hydrogens (tertiary/aromatic N) is 1. The van der Waals surface area contributed by atoms with Crippen LogP contribution in [0.15, 0.2) is 69.8 Å². The number of hydrogen-bond donors (Lipinski definition) is 1. The van der Waals surface area contributed by atoms with E-state index in [4.69, 9.17) is 0 Å². The van der Waals surface area contributed by atoms with Crippen LogP contribution >= 0.6 is 15.9 Å². The topological polar surface area (TPSA) is 91.8 Å². The highest BCUT2D eigenvalue weighted by molar-refractivity contribution is 9.12. The predicted octanol–water partition coefficient (Wildman–Crippen LogP) is 6.70. The van der Waals surface area contributed by atoms with Crippen LogP contribution in [0.1, 0.15) is 41.0 Å². The first-order valence-electron chi connectivity index (χ1n) is 13.3. The maximum absolute atomic E-state index is 13.9. The highest BCUT2D eigenvalue weighted by Gasteiger charge is 2.57. The summed E-state index contributed by atoms with van der Waals surface area (Å²) < 4.78 is 81.6. The molecule has 228 valence electrons. The Morgan fingerprint density at radius 3 is 2.11 bits per heavy atom. The average Bonchev–Trinajstić information content (AvgIpc) is 3.20. The van der Waals surface area contributed by atoms with Crippen molar-refractivity contribution >= 4 is 45.0 Å². The standard InChI is InChI=1S/C31H20BrF6NO5/c1-12-6-13(2-5-22(12)40)24-17-3-4-18-25(19(17)10-20-26(24)23(41)11-21(32)27(20)42)29(44)39(28(18)43)16-8-14(30(33,34)35)7-15(9-16)31(36,37)38/h2-3,5-9,11,18-19,24-25,40H,4,10H2,1H3. The maximum Gasteiger partial charge on any atom is 0.416 e. The van der Waals surface area contributed by atoms with Crippen molar-refractivity contribution in [2.24, 2.45) is 17.8 Å². The van der Waals surface area contributed by atoms with E-state index < -0.39 is 76.2 Å². The lowest BCUT2D eigenvalue weighted by Crippen LogP contribution is -2.39. The second kappa shape index (κ2) is 10.0. The van der Waals surface area contributed by atoms with Crippen LogP contribution < -0.4 is 4.90 Å². The number of carbonyl (C=O) groups excluding carboxylic acids is 4. The molecular weight excluding hydrogens is 660 g/mol. The molecule has 3 aliphatic carbocycles. The van der Waals surface area contributed by atoms with Gasteiger partial charge < -0.3 is 5.11 Å². The third kappa shape index (κ3) is 4.63. The number of aromatic hydroxyl groups is 1. The third-order valence-corrected chi connectivity index (χ3v) is 9.31. The molecule has 1 saturated heterocycles. The molecule has 6 nitrogen and oxygen atoms in total. The molecule has 1 N–H and O–H groups in total. The molecule has 0 saturated carbocycles. The molecule has 1 aliphatic heterocycles. The van der Waals surface area contributed by atoms with Gasteiger partial charge in [0, 0.05) is 23.1 Å². The van der Waals surface area contributed by atoms with Crippen molar-refractivity contribution in [1.82, 2.24) is 0 Å². The molecule has 0 bridgehead atoms. The zero-order valence-corrected chi connectivity index (χ0v) is 24.1. The van der Waals surface area contributed by atoms with Crippen LogP contribution in [0.25, 0.3) is 0 Å². The predicted molar refractivity (Wildman–Crippen MR) is 146 cm³/mol. The lowest BCUT2D eigenvalue weighted by molar-refractivity contribution is -0.143. The maximum atomic E-state index is 13.9. The Morgan fingerprint density at radius 1 is 0.886 bits per heavy atom. The first-order chi connectivity index (χ1) is 20.5. The number of phenols is 1. The fraction of sp³-hybridized carbons (Fsp3) is 0.290. The zero-order valence-electron chi connectivity index (χ0n) is 22.5. The summed E-state index contributed by atoms with van der Waals surface area (Å²) in [6, 6.07) is 5.20. The first-order valence-corrected chi connectivity index (χ1v) is 14.1. The molecule has 2 aromatic carbocycles. The smallest absolute Gasteiger partial charge is 0.416 e.